The summed E-state index contributed by atoms with van der Waals surface area (Å²) in [5, 5.41) is 0. The first-order chi connectivity index (χ1) is 0. The minimum Gasteiger partial charge on any atom is -0.0776 e. The Morgan fingerprint density at radius 1 is 1.00 bits per heavy atom. The van der Waals surface area contributed by atoms with E-state index in [1.165, 1.54) is 0 Å². The number of rotatable bonds is 0. The summed E-state index contributed by atoms with van der Waals surface area (Å²) in [6.45, 7) is 0. The van der Waals surface area contributed by atoms with E-state index in [-0.39, 0.29) is 65.2 Å². The van der Waals surface area contributed by atoms with Gasteiger partial charge in [0, 0.05) is 57.8 Å². The molecule has 0 unspecified atom stereocenters. The molecule has 0 amide bonds. The molecule has 3 heteroatoms. The predicted molar refractivity (Wildman–Crippen MR) is 18.2 cm³/mol. The van der Waals surface area contributed by atoms with Crippen LogP contribution in [0.2, 0.25) is 0 Å². The van der Waals surface area contributed by atoms with Crippen molar-refractivity contribution in [3.05, 3.63) is 0 Å². The molecule has 0 atom stereocenters. The van der Waals surface area contributed by atoms with Crippen molar-refractivity contribution in [1.29, 1.82) is 0 Å². The third-order valence-electron chi connectivity index (χ3n) is 0. The van der Waals surface area contributed by atoms with Crippen molar-refractivity contribution < 1.29 is 16.5 Å². The predicted octanol–water partition coefficient (Wildman–Crippen LogP) is -0.128. The fraction of sp³-hybridized carbons (Fsp3) is 1.00. The summed E-state index contributed by atoms with van der Waals surface area (Å²) in [6.07, 6.45) is 0. The second-order valence-corrected chi connectivity index (χ2v) is 0. The smallest absolute Gasteiger partial charge is 0 e. The fourth-order valence-corrected chi connectivity index (χ4v) is 0. The zero-order chi connectivity index (χ0) is 0. The van der Waals surface area contributed by atoms with Gasteiger partial charge < -0.3 is 0 Å². The SMILES string of the molecule is C.[Al].[Ni].[Sn]. The van der Waals surface area contributed by atoms with Gasteiger partial charge >= 0.3 is 0 Å². The first-order valence-corrected chi connectivity index (χ1v) is 0. The largest absolute Gasteiger partial charge is 0.0776 e. The summed E-state index contributed by atoms with van der Waals surface area (Å²) >= 11 is 0. The van der Waals surface area contributed by atoms with Gasteiger partial charge in [0.05, 0.1) is 0 Å². The van der Waals surface area contributed by atoms with Crippen LogP contribution in [0.3, 0.4) is 0 Å². The van der Waals surface area contributed by atoms with E-state index in [0.717, 1.165) is 0 Å². The molecule has 0 aromatic heterocycles. The Morgan fingerprint density at radius 3 is 1.00 bits per heavy atom. The van der Waals surface area contributed by atoms with Crippen LogP contribution in [-0.2, 0) is 16.5 Å². The van der Waals surface area contributed by atoms with Gasteiger partial charge in [0.15, 0.2) is 0 Å². The van der Waals surface area contributed by atoms with Gasteiger partial charge in [-0.2, -0.15) is 0 Å². The van der Waals surface area contributed by atoms with E-state index >= 15 is 0 Å². The average molecular weight is 220 g/mol. The molecule has 0 fully saturated rings. The van der Waals surface area contributed by atoms with Crippen molar-refractivity contribution in [2.45, 2.75) is 7.43 Å². The van der Waals surface area contributed by atoms with Gasteiger partial charge in [-0.1, -0.05) is 7.43 Å². The van der Waals surface area contributed by atoms with Crippen LogP contribution in [-0.4, -0.2) is 41.3 Å². The van der Waals surface area contributed by atoms with Crippen LogP contribution in [0.25, 0.3) is 0 Å². The Kier molecular flexibility index (Phi) is 216. The molecule has 0 aliphatic heterocycles. The van der Waals surface area contributed by atoms with Gasteiger partial charge in [0.25, 0.3) is 0 Å². The van der Waals surface area contributed by atoms with Crippen molar-refractivity contribution >= 4 is 41.3 Å². The standard InChI is InChI=1S/CH4.Al.Ni.Sn/h1H4;;;. The maximum atomic E-state index is 0. The van der Waals surface area contributed by atoms with Crippen LogP contribution in [0.5, 0.6) is 0 Å². The van der Waals surface area contributed by atoms with Crippen LogP contribution in [0.4, 0.5) is 0 Å². The molecule has 0 saturated heterocycles. The third kappa shape index (κ3) is 9.17. The maximum Gasteiger partial charge on any atom is 0 e. The monoisotopic (exact) mass is 221 g/mol. The Balaban J connectivity index is 0. The topological polar surface area (TPSA) is 0 Å². The second-order valence-electron chi connectivity index (χ2n) is 0. The van der Waals surface area contributed by atoms with Gasteiger partial charge in [-0.3, -0.25) is 0 Å². The minimum absolute atomic E-state index is 0. The molecule has 7 radical (unpaired) electrons. The van der Waals surface area contributed by atoms with Crippen molar-refractivity contribution in [1.82, 2.24) is 0 Å². The maximum absolute atomic E-state index is 0. The van der Waals surface area contributed by atoms with E-state index in [2.05, 4.69) is 0 Å². The summed E-state index contributed by atoms with van der Waals surface area (Å²) in [5.74, 6) is 0. The van der Waals surface area contributed by atoms with Gasteiger partial charge in [0.1, 0.15) is 0 Å². The molecular formula is CH4AlNiSn. The zero-order valence-electron chi connectivity index (χ0n) is 1.39. The van der Waals surface area contributed by atoms with E-state index in [1.807, 2.05) is 0 Å². The van der Waals surface area contributed by atoms with Crippen LogP contribution in [0.15, 0.2) is 0 Å². The molecular weight excluding hydrogens is 216 g/mol. The summed E-state index contributed by atoms with van der Waals surface area (Å²) in [6, 6.07) is 0. The molecule has 0 aromatic carbocycles. The molecule has 0 saturated carbocycles. The van der Waals surface area contributed by atoms with Gasteiger partial charge in [-0.25, -0.2) is 0 Å². The molecule has 0 rings (SSSR count). The van der Waals surface area contributed by atoms with E-state index in [4.69, 9.17) is 0 Å². The van der Waals surface area contributed by atoms with Crippen LogP contribution < -0.4 is 0 Å². The molecule has 4 heavy (non-hydrogen) atoms. The van der Waals surface area contributed by atoms with Crippen LogP contribution in [0.1, 0.15) is 7.43 Å². The van der Waals surface area contributed by atoms with E-state index in [9.17, 15) is 0 Å². The summed E-state index contributed by atoms with van der Waals surface area (Å²) < 4.78 is 0. The molecule has 0 heterocycles. The van der Waals surface area contributed by atoms with E-state index in [0.29, 0.717) is 0 Å². The normalized spacial score (nSPS) is 0. The first-order valence-electron chi connectivity index (χ1n) is 0. The molecule has 0 aliphatic carbocycles. The third-order valence-corrected chi connectivity index (χ3v) is 0. The summed E-state index contributed by atoms with van der Waals surface area (Å²) in [5.41, 5.74) is 0. The van der Waals surface area contributed by atoms with E-state index < -0.39 is 0 Å². The van der Waals surface area contributed by atoms with Gasteiger partial charge in [0.2, 0.25) is 0 Å². The molecule has 0 bridgehead atoms. The Bertz CT molecular complexity index is 8.00. The molecule has 0 nitrogen and oxygen atoms in total. The van der Waals surface area contributed by atoms with Gasteiger partial charge in [-0.15, -0.1) is 0 Å². The fourth-order valence-electron chi connectivity index (χ4n) is 0. The first kappa shape index (κ1) is 40.7. The van der Waals surface area contributed by atoms with Crippen LogP contribution in [0, 0.1) is 0 Å². The Hall–Kier alpha value is 1.82. The van der Waals surface area contributed by atoms with Crippen molar-refractivity contribution in [2.75, 3.05) is 0 Å². The zero-order valence-corrected chi connectivity index (χ0v) is 6.39. The number of hydrogen-bond acceptors (Lipinski definition) is 0. The molecule has 0 N–H and O–H groups in total. The van der Waals surface area contributed by atoms with Crippen molar-refractivity contribution in [2.24, 2.45) is 0 Å². The second kappa shape index (κ2) is 21.2. The molecule has 0 aromatic rings. The average Bonchev–Trinajstić information content (AvgIpc) is 0. The van der Waals surface area contributed by atoms with Crippen LogP contribution >= 0.6 is 0 Å². The van der Waals surface area contributed by atoms with Crippen molar-refractivity contribution in [3.63, 3.8) is 0 Å². The molecule has 0 aliphatic rings. The quantitative estimate of drug-likeness (QED) is 0.499. The summed E-state index contributed by atoms with van der Waals surface area (Å²) in [7, 11) is 0. The van der Waals surface area contributed by atoms with E-state index in [1.54, 1.807) is 0 Å². The minimum atomic E-state index is 0. The molecule has 25 valence electrons. The molecule has 0 spiro atoms. The summed E-state index contributed by atoms with van der Waals surface area (Å²) in [4.78, 5) is 0. The van der Waals surface area contributed by atoms with Crippen molar-refractivity contribution in [3.8, 4) is 0 Å². The Labute approximate surface area is 64.7 Å². The number of hydrogen-bond donors (Lipinski definition) is 0. The Morgan fingerprint density at radius 2 is 1.00 bits per heavy atom. The van der Waals surface area contributed by atoms with Gasteiger partial charge in [-0.05, 0) is 0 Å².